The number of nitrogens with one attached hydrogen (secondary N) is 1. The topological polar surface area (TPSA) is 76.1 Å². The second-order valence-electron chi connectivity index (χ2n) is 4.23. The van der Waals surface area contributed by atoms with Crippen LogP contribution in [0.15, 0.2) is 22.9 Å². The van der Waals surface area contributed by atoms with Crippen LogP contribution in [-0.2, 0) is 14.6 Å². The van der Waals surface area contributed by atoms with Crippen molar-refractivity contribution in [2.75, 3.05) is 11.1 Å². The number of sulfone groups is 1. The summed E-state index contributed by atoms with van der Waals surface area (Å²) in [4.78, 5) is 15.9. The van der Waals surface area contributed by atoms with E-state index in [0.717, 1.165) is 10.9 Å². The van der Waals surface area contributed by atoms with Gasteiger partial charge in [-0.15, -0.1) is 0 Å². The summed E-state index contributed by atoms with van der Waals surface area (Å²) in [6.07, 6.45) is 4.89. The van der Waals surface area contributed by atoms with E-state index in [2.05, 4.69) is 26.2 Å². The summed E-state index contributed by atoms with van der Waals surface area (Å²) >= 11 is 3.24. The molecule has 0 saturated carbocycles. The number of pyridine rings is 1. The molecule has 0 aromatic carbocycles. The van der Waals surface area contributed by atoms with Crippen LogP contribution in [0.25, 0.3) is 0 Å². The molecule has 0 aliphatic carbocycles. The summed E-state index contributed by atoms with van der Waals surface area (Å²) < 4.78 is 24.3. The Hall–Kier alpha value is -0.950. The maximum Gasteiger partial charge on any atom is 0.242 e. The standard InChI is InChI=1S/C11H13BrN2O3S/c12-8-5-9(7-13-6-8)14-11(15)10-3-1-2-4-18(10,16)17/h5-7,10H,1-4H2,(H,14,15). The predicted molar refractivity (Wildman–Crippen MR) is 72.0 cm³/mol. The lowest BCUT2D eigenvalue weighted by molar-refractivity contribution is -0.116. The lowest BCUT2D eigenvalue weighted by Gasteiger charge is -2.21. The van der Waals surface area contributed by atoms with Gasteiger partial charge in [0, 0.05) is 10.7 Å². The van der Waals surface area contributed by atoms with Crippen molar-refractivity contribution in [1.82, 2.24) is 4.98 Å². The number of hydrogen-bond donors (Lipinski definition) is 1. The number of rotatable bonds is 2. The molecule has 5 nitrogen and oxygen atoms in total. The molecule has 1 aliphatic heterocycles. The number of hydrogen-bond acceptors (Lipinski definition) is 4. The van der Waals surface area contributed by atoms with Crippen LogP contribution in [0.3, 0.4) is 0 Å². The Labute approximate surface area is 114 Å². The number of aromatic nitrogens is 1. The minimum atomic E-state index is -3.30. The molecule has 0 spiro atoms. The highest BCUT2D eigenvalue weighted by Crippen LogP contribution is 2.21. The second kappa shape index (κ2) is 5.36. The number of halogens is 1. The number of nitrogens with zero attached hydrogens (tertiary/aromatic N) is 1. The van der Waals surface area contributed by atoms with Crippen molar-refractivity contribution in [1.29, 1.82) is 0 Å². The molecule has 1 saturated heterocycles. The number of amides is 1. The normalized spacial score (nSPS) is 22.4. The zero-order chi connectivity index (χ0) is 13.2. The van der Waals surface area contributed by atoms with Crippen LogP contribution in [0.4, 0.5) is 5.69 Å². The zero-order valence-corrected chi connectivity index (χ0v) is 12.0. The van der Waals surface area contributed by atoms with Crippen molar-refractivity contribution in [2.45, 2.75) is 24.5 Å². The highest BCUT2D eigenvalue weighted by molar-refractivity contribution is 9.10. The van der Waals surface area contributed by atoms with Gasteiger partial charge in [0.25, 0.3) is 0 Å². The summed E-state index contributed by atoms with van der Waals surface area (Å²) in [6.45, 7) is 0. The molecule has 1 N–H and O–H groups in total. The molecule has 1 amide bonds. The Morgan fingerprint density at radius 2 is 2.17 bits per heavy atom. The number of anilines is 1. The first-order chi connectivity index (χ1) is 8.49. The van der Waals surface area contributed by atoms with Gasteiger partial charge in [-0.1, -0.05) is 6.42 Å². The highest BCUT2D eigenvalue weighted by Gasteiger charge is 2.34. The van der Waals surface area contributed by atoms with Crippen molar-refractivity contribution in [2.24, 2.45) is 0 Å². The smallest absolute Gasteiger partial charge is 0.242 e. The van der Waals surface area contributed by atoms with Crippen molar-refractivity contribution >= 4 is 37.4 Å². The van der Waals surface area contributed by atoms with E-state index in [4.69, 9.17) is 0 Å². The van der Waals surface area contributed by atoms with E-state index in [1.54, 1.807) is 12.3 Å². The maximum atomic E-state index is 12.0. The molecule has 7 heteroatoms. The average Bonchev–Trinajstić information content (AvgIpc) is 2.28. The van der Waals surface area contributed by atoms with E-state index in [1.165, 1.54) is 6.20 Å². The number of carbonyl (C=O) groups excluding carboxylic acids is 1. The van der Waals surface area contributed by atoms with Crippen LogP contribution in [0.5, 0.6) is 0 Å². The Kier molecular flexibility index (Phi) is 4.01. The summed E-state index contributed by atoms with van der Waals surface area (Å²) in [6, 6.07) is 1.68. The zero-order valence-electron chi connectivity index (χ0n) is 9.60. The van der Waals surface area contributed by atoms with Gasteiger partial charge in [0.1, 0.15) is 5.25 Å². The average molecular weight is 333 g/mol. The van der Waals surface area contributed by atoms with Gasteiger partial charge >= 0.3 is 0 Å². The van der Waals surface area contributed by atoms with Gasteiger partial charge in [-0.3, -0.25) is 9.78 Å². The Bertz CT molecular complexity index is 559. The Morgan fingerprint density at radius 1 is 1.39 bits per heavy atom. The van der Waals surface area contributed by atoms with Gasteiger partial charge in [0.15, 0.2) is 9.84 Å². The van der Waals surface area contributed by atoms with Crippen molar-refractivity contribution in [3.63, 3.8) is 0 Å². The quantitative estimate of drug-likeness (QED) is 0.895. The lowest BCUT2D eigenvalue weighted by atomic mass is 10.2. The fourth-order valence-corrected chi connectivity index (χ4v) is 4.12. The van der Waals surface area contributed by atoms with Crippen LogP contribution in [0, 0.1) is 0 Å². The number of carbonyl (C=O) groups is 1. The van der Waals surface area contributed by atoms with Gasteiger partial charge < -0.3 is 5.32 Å². The molecule has 1 unspecified atom stereocenters. The molecular weight excluding hydrogens is 320 g/mol. The van der Waals surface area contributed by atoms with Crippen molar-refractivity contribution < 1.29 is 13.2 Å². The first-order valence-electron chi connectivity index (χ1n) is 5.62. The monoisotopic (exact) mass is 332 g/mol. The molecule has 1 aliphatic rings. The largest absolute Gasteiger partial charge is 0.324 e. The lowest BCUT2D eigenvalue weighted by Crippen LogP contribution is -2.39. The van der Waals surface area contributed by atoms with Crippen LogP contribution in [0.1, 0.15) is 19.3 Å². The van der Waals surface area contributed by atoms with E-state index in [9.17, 15) is 13.2 Å². The van der Waals surface area contributed by atoms with Crippen LogP contribution in [0.2, 0.25) is 0 Å². The summed E-state index contributed by atoms with van der Waals surface area (Å²) in [5.41, 5.74) is 0.496. The SMILES string of the molecule is O=C(Nc1cncc(Br)c1)C1CCCCS1(=O)=O. The first kappa shape index (κ1) is 13.5. The van der Waals surface area contributed by atoms with Crippen LogP contribution < -0.4 is 5.32 Å². The third kappa shape index (κ3) is 3.08. The van der Waals surface area contributed by atoms with Crippen LogP contribution >= 0.6 is 15.9 Å². The summed E-state index contributed by atoms with van der Waals surface area (Å²) in [5, 5.41) is 1.67. The van der Waals surface area contributed by atoms with Crippen molar-refractivity contribution in [3.05, 3.63) is 22.9 Å². The van der Waals surface area contributed by atoms with E-state index in [-0.39, 0.29) is 5.75 Å². The van der Waals surface area contributed by atoms with E-state index in [1.807, 2.05) is 0 Å². The molecular formula is C11H13BrN2O3S. The molecule has 1 aromatic heterocycles. The van der Waals surface area contributed by atoms with E-state index < -0.39 is 21.0 Å². The molecule has 2 heterocycles. The van der Waals surface area contributed by atoms with E-state index in [0.29, 0.717) is 18.5 Å². The summed E-state index contributed by atoms with van der Waals surface area (Å²) in [5.74, 6) is -0.364. The predicted octanol–water partition coefficient (Wildman–Crippen LogP) is 1.75. The fourth-order valence-electron chi connectivity index (χ4n) is 1.95. The molecule has 2 rings (SSSR count). The third-order valence-electron chi connectivity index (χ3n) is 2.84. The van der Waals surface area contributed by atoms with Gasteiger partial charge in [-0.25, -0.2) is 8.42 Å². The van der Waals surface area contributed by atoms with Gasteiger partial charge in [0.05, 0.1) is 17.6 Å². The second-order valence-corrected chi connectivity index (χ2v) is 7.45. The molecule has 0 radical (unpaired) electrons. The van der Waals surface area contributed by atoms with E-state index >= 15 is 0 Å². The Balaban J connectivity index is 2.12. The molecule has 98 valence electrons. The minimum Gasteiger partial charge on any atom is -0.324 e. The third-order valence-corrected chi connectivity index (χ3v) is 5.45. The molecule has 1 aromatic rings. The Morgan fingerprint density at radius 3 is 2.83 bits per heavy atom. The van der Waals surface area contributed by atoms with Crippen molar-refractivity contribution in [3.8, 4) is 0 Å². The van der Waals surface area contributed by atoms with Gasteiger partial charge in [-0.05, 0) is 34.8 Å². The highest BCUT2D eigenvalue weighted by atomic mass is 79.9. The van der Waals surface area contributed by atoms with Gasteiger partial charge in [-0.2, -0.15) is 0 Å². The minimum absolute atomic E-state index is 0.0990. The summed E-state index contributed by atoms with van der Waals surface area (Å²) in [7, 11) is -3.30. The van der Waals surface area contributed by atoms with Gasteiger partial charge in [0.2, 0.25) is 5.91 Å². The molecule has 0 bridgehead atoms. The molecule has 1 fully saturated rings. The fraction of sp³-hybridized carbons (Fsp3) is 0.455. The van der Waals surface area contributed by atoms with Crippen LogP contribution in [-0.4, -0.2) is 30.3 Å². The first-order valence-corrected chi connectivity index (χ1v) is 8.13. The molecule has 18 heavy (non-hydrogen) atoms. The molecule has 1 atom stereocenters. The maximum absolute atomic E-state index is 12.0.